The first-order valence-electron chi connectivity index (χ1n) is 6.19. The third-order valence-electron chi connectivity index (χ3n) is 3.48. The third kappa shape index (κ3) is 2.29. The molecule has 0 saturated heterocycles. The first kappa shape index (κ1) is 11.6. The average Bonchev–Trinajstić information content (AvgIpc) is 2.61. The summed E-state index contributed by atoms with van der Waals surface area (Å²) >= 11 is 0. The Morgan fingerprint density at radius 2 is 2.06 bits per heavy atom. The Labute approximate surface area is 97.5 Å². The Balaban J connectivity index is 2.13. The fourth-order valence-electron chi connectivity index (χ4n) is 2.15. The van der Waals surface area contributed by atoms with Crippen LogP contribution in [0, 0.1) is 5.41 Å². The minimum atomic E-state index is -0.312. The third-order valence-corrected chi connectivity index (χ3v) is 3.48. The van der Waals surface area contributed by atoms with Gasteiger partial charge in [-0.1, -0.05) is 20.8 Å². The van der Waals surface area contributed by atoms with E-state index in [-0.39, 0.29) is 11.5 Å². The van der Waals surface area contributed by atoms with Crippen molar-refractivity contribution in [2.75, 3.05) is 0 Å². The summed E-state index contributed by atoms with van der Waals surface area (Å²) in [5, 5.41) is 10.1. The van der Waals surface area contributed by atoms with Gasteiger partial charge < -0.3 is 9.67 Å². The maximum atomic E-state index is 10.1. The Hall–Kier alpha value is -0.830. The summed E-state index contributed by atoms with van der Waals surface area (Å²) in [4.78, 5) is 4.44. The lowest BCUT2D eigenvalue weighted by molar-refractivity contribution is 0.0473. The summed E-state index contributed by atoms with van der Waals surface area (Å²) in [5.41, 5.74) is 2.52. The second kappa shape index (κ2) is 4.21. The molecule has 90 valence electrons. The first-order valence-corrected chi connectivity index (χ1v) is 6.19. The van der Waals surface area contributed by atoms with Gasteiger partial charge in [-0.25, -0.2) is 4.98 Å². The molecular formula is C13H22N2O. The molecule has 0 saturated carbocycles. The molecule has 1 heterocycles. The van der Waals surface area contributed by atoms with Crippen LogP contribution in [-0.2, 0) is 19.4 Å². The van der Waals surface area contributed by atoms with Crippen molar-refractivity contribution in [2.24, 2.45) is 5.41 Å². The van der Waals surface area contributed by atoms with Crippen LogP contribution in [0.15, 0.2) is 6.33 Å². The van der Waals surface area contributed by atoms with Crippen molar-refractivity contribution < 1.29 is 5.11 Å². The van der Waals surface area contributed by atoms with Crippen LogP contribution in [0.4, 0.5) is 0 Å². The van der Waals surface area contributed by atoms with E-state index in [1.54, 1.807) is 0 Å². The van der Waals surface area contributed by atoms with E-state index in [0.717, 1.165) is 12.8 Å². The lowest BCUT2D eigenvalue weighted by Crippen LogP contribution is -2.31. The van der Waals surface area contributed by atoms with Gasteiger partial charge in [-0.15, -0.1) is 0 Å². The number of rotatable bonds is 2. The highest BCUT2D eigenvalue weighted by Crippen LogP contribution is 2.24. The Kier molecular flexibility index (Phi) is 3.06. The molecule has 1 N–H and O–H groups in total. The van der Waals surface area contributed by atoms with Gasteiger partial charge in [0.15, 0.2) is 0 Å². The molecule has 0 aliphatic heterocycles. The molecule has 0 amide bonds. The molecule has 1 aromatic heterocycles. The average molecular weight is 222 g/mol. The number of hydrogen-bond acceptors (Lipinski definition) is 2. The summed E-state index contributed by atoms with van der Waals surface area (Å²) in [6.07, 6.45) is 6.31. The maximum absolute atomic E-state index is 10.1. The molecule has 0 bridgehead atoms. The van der Waals surface area contributed by atoms with Crippen molar-refractivity contribution in [3.05, 3.63) is 17.7 Å². The molecule has 1 aliphatic carbocycles. The quantitative estimate of drug-likeness (QED) is 0.832. The second-order valence-electron chi connectivity index (χ2n) is 5.88. The zero-order chi connectivity index (χ0) is 11.8. The lowest BCUT2D eigenvalue weighted by atomic mass is 9.89. The van der Waals surface area contributed by atoms with Crippen molar-refractivity contribution >= 4 is 0 Å². The highest BCUT2D eigenvalue weighted by atomic mass is 16.3. The van der Waals surface area contributed by atoms with Gasteiger partial charge in [0.05, 0.1) is 24.7 Å². The van der Waals surface area contributed by atoms with Crippen LogP contribution in [0.3, 0.4) is 0 Å². The van der Waals surface area contributed by atoms with Gasteiger partial charge in [0.1, 0.15) is 0 Å². The highest BCUT2D eigenvalue weighted by Gasteiger charge is 2.24. The van der Waals surface area contributed by atoms with E-state index in [1.807, 2.05) is 6.33 Å². The van der Waals surface area contributed by atoms with Gasteiger partial charge in [0.25, 0.3) is 0 Å². The van der Waals surface area contributed by atoms with E-state index >= 15 is 0 Å². The molecule has 1 aliphatic rings. The number of aryl methyl sites for hydroxylation is 1. The van der Waals surface area contributed by atoms with Crippen LogP contribution in [0.2, 0.25) is 0 Å². The van der Waals surface area contributed by atoms with Gasteiger partial charge in [-0.3, -0.25) is 0 Å². The molecule has 3 heteroatoms. The van der Waals surface area contributed by atoms with Crippen molar-refractivity contribution in [2.45, 2.75) is 59.1 Å². The Morgan fingerprint density at radius 3 is 2.75 bits per heavy atom. The SMILES string of the molecule is CC(C)(C)C(O)Cn1cnc2c1CCCC2. The molecule has 16 heavy (non-hydrogen) atoms. The number of aromatic nitrogens is 2. The number of fused-ring (bicyclic) bond motifs is 1. The van der Waals surface area contributed by atoms with Crippen LogP contribution in [0.1, 0.15) is 45.0 Å². The largest absolute Gasteiger partial charge is 0.391 e. The summed E-state index contributed by atoms with van der Waals surface area (Å²) in [5.74, 6) is 0. The monoisotopic (exact) mass is 222 g/mol. The van der Waals surface area contributed by atoms with Gasteiger partial charge in [0.2, 0.25) is 0 Å². The van der Waals surface area contributed by atoms with Crippen LogP contribution in [0.5, 0.6) is 0 Å². The lowest BCUT2D eigenvalue weighted by Gasteiger charge is -2.27. The van der Waals surface area contributed by atoms with E-state index in [0.29, 0.717) is 6.54 Å². The molecule has 0 aromatic carbocycles. The number of nitrogens with zero attached hydrogens (tertiary/aromatic N) is 2. The summed E-state index contributed by atoms with van der Waals surface area (Å²) < 4.78 is 2.14. The summed E-state index contributed by atoms with van der Waals surface area (Å²) in [6.45, 7) is 6.88. The molecule has 1 aromatic rings. The molecule has 0 spiro atoms. The summed E-state index contributed by atoms with van der Waals surface area (Å²) in [6, 6.07) is 0. The van der Waals surface area contributed by atoms with Crippen molar-refractivity contribution in [1.29, 1.82) is 0 Å². The minimum absolute atomic E-state index is 0.0637. The summed E-state index contributed by atoms with van der Waals surface area (Å²) in [7, 11) is 0. The van der Waals surface area contributed by atoms with E-state index in [4.69, 9.17) is 0 Å². The van der Waals surface area contributed by atoms with E-state index in [9.17, 15) is 5.11 Å². The van der Waals surface area contributed by atoms with Gasteiger partial charge in [0, 0.05) is 5.69 Å². The zero-order valence-corrected chi connectivity index (χ0v) is 10.5. The number of aliphatic hydroxyl groups is 1. The van der Waals surface area contributed by atoms with Crippen molar-refractivity contribution in [3.8, 4) is 0 Å². The van der Waals surface area contributed by atoms with Gasteiger partial charge >= 0.3 is 0 Å². The predicted molar refractivity (Wildman–Crippen MR) is 64.3 cm³/mol. The molecule has 0 fully saturated rings. The molecule has 2 rings (SSSR count). The predicted octanol–water partition coefficient (Wildman–Crippen LogP) is 2.17. The number of hydrogen-bond donors (Lipinski definition) is 1. The smallest absolute Gasteiger partial charge is 0.0952 e. The van der Waals surface area contributed by atoms with E-state index in [1.165, 1.54) is 24.2 Å². The van der Waals surface area contributed by atoms with E-state index in [2.05, 4.69) is 30.3 Å². The highest BCUT2D eigenvalue weighted by molar-refractivity contribution is 5.16. The molecule has 3 nitrogen and oxygen atoms in total. The number of aliphatic hydroxyl groups excluding tert-OH is 1. The van der Waals surface area contributed by atoms with Crippen LogP contribution >= 0.6 is 0 Å². The molecule has 1 unspecified atom stereocenters. The molecular weight excluding hydrogens is 200 g/mol. The maximum Gasteiger partial charge on any atom is 0.0952 e. The Bertz CT molecular complexity index is 362. The van der Waals surface area contributed by atoms with E-state index < -0.39 is 0 Å². The van der Waals surface area contributed by atoms with Crippen LogP contribution in [-0.4, -0.2) is 20.8 Å². The van der Waals surface area contributed by atoms with Crippen LogP contribution in [0.25, 0.3) is 0 Å². The fraction of sp³-hybridized carbons (Fsp3) is 0.769. The molecule has 0 radical (unpaired) electrons. The van der Waals surface area contributed by atoms with Gasteiger partial charge in [-0.05, 0) is 31.1 Å². The van der Waals surface area contributed by atoms with Gasteiger partial charge in [-0.2, -0.15) is 0 Å². The molecule has 1 atom stereocenters. The fourth-order valence-corrected chi connectivity index (χ4v) is 2.15. The van der Waals surface area contributed by atoms with Crippen molar-refractivity contribution in [1.82, 2.24) is 9.55 Å². The zero-order valence-electron chi connectivity index (χ0n) is 10.5. The Morgan fingerprint density at radius 1 is 1.38 bits per heavy atom. The van der Waals surface area contributed by atoms with Crippen LogP contribution < -0.4 is 0 Å². The van der Waals surface area contributed by atoms with Crippen molar-refractivity contribution in [3.63, 3.8) is 0 Å². The normalized spacial score (nSPS) is 18.2. The standard InChI is InChI=1S/C13H22N2O/c1-13(2,3)12(16)8-15-9-14-10-6-4-5-7-11(10)15/h9,12,16H,4-8H2,1-3H3. The second-order valence-corrected chi connectivity index (χ2v) is 5.88. The topological polar surface area (TPSA) is 38.0 Å². The minimum Gasteiger partial charge on any atom is -0.391 e. The number of imidazole rings is 1. The first-order chi connectivity index (χ1) is 7.48.